The van der Waals surface area contributed by atoms with Gasteiger partial charge in [-0.05, 0) is 120 Å². The van der Waals surface area contributed by atoms with Crippen LogP contribution in [0.2, 0.25) is 0 Å². The molecule has 0 radical (unpaired) electrons. The molecule has 2 aliphatic heterocycles. The summed E-state index contributed by atoms with van der Waals surface area (Å²) in [5.74, 6) is 0. The molecule has 0 bridgehead atoms. The highest BCUT2D eigenvalue weighted by atomic mass is 15.2. The highest BCUT2D eigenvalue weighted by Gasteiger charge is 2.44. The number of anilines is 8. The quantitative estimate of drug-likeness (QED) is 0.154. The van der Waals surface area contributed by atoms with E-state index in [2.05, 4.69) is 229 Å². The van der Waals surface area contributed by atoms with Gasteiger partial charge < -0.3 is 14.7 Å². The summed E-state index contributed by atoms with van der Waals surface area (Å²) in [5.41, 5.74) is 17.3. The smallest absolute Gasteiger partial charge is 0.251 e. The van der Waals surface area contributed by atoms with Gasteiger partial charge in [-0.2, -0.15) is 0 Å². The van der Waals surface area contributed by atoms with Gasteiger partial charge in [0.05, 0.1) is 0 Å². The van der Waals surface area contributed by atoms with Crippen LogP contribution < -0.4 is 25.6 Å². The summed E-state index contributed by atoms with van der Waals surface area (Å²) in [6.45, 7) is 8.92. The number of nitrogens with zero attached hydrogens (tertiary/aromatic N) is 3. The molecule has 0 aliphatic carbocycles. The second-order valence-corrected chi connectivity index (χ2v) is 13.9. The fourth-order valence-corrected chi connectivity index (χ4v) is 8.14. The Balaban J connectivity index is 1.31. The maximum absolute atomic E-state index is 4.62. The standard InChI is InChI=1S/C50H40BN3/c1-4-44-48(34-37(3)38-30-28-36(2)29-31-38)53(41-22-13-7-14-23-41)46-26-17-27-47-50(46)51(44)45-33-32-43(35-49(45)54(47)42-24-15-8-16-25-42)52(39-18-9-5-10-19-39)40-20-11-6-12-21-40/h4-35H,3H2,1-2H3/b44-4+,48-34+. The zero-order chi connectivity index (χ0) is 36.6. The van der Waals surface area contributed by atoms with Crippen LogP contribution in [0.5, 0.6) is 0 Å². The van der Waals surface area contributed by atoms with E-state index in [9.17, 15) is 0 Å². The molecule has 3 nitrogen and oxygen atoms in total. The molecule has 0 atom stereocenters. The Kier molecular flexibility index (Phi) is 8.57. The van der Waals surface area contributed by atoms with Gasteiger partial charge in [0.2, 0.25) is 0 Å². The first kappa shape index (κ1) is 33.1. The van der Waals surface area contributed by atoms with Crippen LogP contribution in [0.3, 0.4) is 0 Å². The summed E-state index contributed by atoms with van der Waals surface area (Å²) in [5, 5.41) is 0. The Morgan fingerprint density at radius 3 is 1.67 bits per heavy atom. The van der Waals surface area contributed by atoms with Crippen LogP contribution in [-0.4, -0.2) is 6.71 Å². The van der Waals surface area contributed by atoms with Crippen molar-refractivity contribution in [2.45, 2.75) is 13.8 Å². The number of hydrogen-bond acceptors (Lipinski definition) is 3. The van der Waals surface area contributed by atoms with Gasteiger partial charge in [0.25, 0.3) is 6.71 Å². The first-order chi connectivity index (χ1) is 26.6. The number of fused-ring (bicyclic) bond motifs is 2. The maximum Gasteiger partial charge on any atom is 0.251 e. The van der Waals surface area contributed by atoms with Gasteiger partial charge in [0.15, 0.2) is 0 Å². The molecule has 0 saturated heterocycles. The Bertz CT molecular complexity index is 2490. The number of rotatable bonds is 7. The third-order valence-electron chi connectivity index (χ3n) is 10.6. The molecule has 2 aliphatic rings. The number of para-hydroxylation sites is 4. The first-order valence-corrected chi connectivity index (χ1v) is 18.6. The van der Waals surface area contributed by atoms with Crippen LogP contribution in [0.4, 0.5) is 45.5 Å². The highest BCUT2D eigenvalue weighted by Crippen LogP contribution is 2.47. The largest absolute Gasteiger partial charge is 0.311 e. The fourth-order valence-electron chi connectivity index (χ4n) is 8.14. The predicted molar refractivity (Wildman–Crippen MR) is 231 cm³/mol. The van der Waals surface area contributed by atoms with E-state index in [0.717, 1.165) is 51.0 Å². The fraction of sp³-hybridized carbons (Fsp3) is 0.0400. The Labute approximate surface area is 319 Å². The molecule has 9 rings (SSSR count). The molecular weight excluding hydrogens is 653 g/mol. The second kappa shape index (κ2) is 14.0. The summed E-state index contributed by atoms with van der Waals surface area (Å²) < 4.78 is 0. The van der Waals surface area contributed by atoms with Gasteiger partial charge in [-0.1, -0.05) is 127 Å². The molecule has 0 saturated carbocycles. The first-order valence-electron chi connectivity index (χ1n) is 18.6. The van der Waals surface area contributed by atoms with E-state index >= 15 is 0 Å². The molecule has 0 spiro atoms. The molecule has 0 N–H and O–H groups in total. The highest BCUT2D eigenvalue weighted by molar-refractivity contribution is 6.96. The molecule has 4 heteroatoms. The lowest BCUT2D eigenvalue weighted by molar-refractivity contribution is 1.17. The van der Waals surface area contributed by atoms with Crippen molar-refractivity contribution < 1.29 is 0 Å². The van der Waals surface area contributed by atoms with Crippen molar-refractivity contribution in [3.63, 3.8) is 0 Å². The number of hydrogen-bond donors (Lipinski definition) is 0. The number of aryl methyl sites for hydroxylation is 1. The summed E-state index contributed by atoms with van der Waals surface area (Å²) in [4.78, 5) is 7.23. The van der Waals surface area contributed by atoms with E-state index < -0.39 is 0 Å². The third-order valence-corrected chi connectivity index (χ3v) is 10.6. The summed E-state index contributed by atoms with van der Waals surface area (Å²) >= 11 is 0. The van der Waals surface area contributed by atoms with Gasteiger partial charge in [-0.25, -0.2) is 0 Å². The molecular formula is C50H40BN3. The van der Waals surface area contributed by atoms with Crippen molar-refractivity contribution in [2.75, 3.05) is 14.7 Å². The molecule has 0 fully saturated rings. The summed E-state index contributed by atoms with van der Waals surface area (Å²) in [7, 11) is 0. The van der Waals surface area contributed by atoms with Gasteiger partial charge in [-0.15, -0.1) is 0 Å². The predicted octanol–water partition coefficient (Wildman–Crippen LogP) is 12.1. The number of allylic oxidation sites excluding steroid dienone is 4. The van der Waals surface area contributed by atoms with Crippen LogP contribution in [-0.2, 0) is 0 Å². The van der Waals surface area contributed by atoms with Crippen LogP contribution >= 0.6 is 0 Å². The van der Waals surface area contributed by atoms with Crippen LogP contribution in [0, 0.1) is 6.92 Å². The average Bonchev–Trinajstić information content (AvgIpc) is 3.22. The van der Waals surface area contributed by atoms with Crippen LogP contribution in [0.15, 0.2) is 212 Å². The Morgan fingerprint density at radius 2 is 1.09 bits per heavy atom. The Morgan fingerprint density at radius 1 is 0.556 bits per heavy atom. The molecule has 54 heavy (non-hydrogen) atoms. The van der Waals surface area contributed by atoms with Crippen molar-refractivity contribution in [3.8, 4) is 0 Å². The third kappa shape index (κ3) is 5.73. The van der Waals surface area contributed by atoms with Gasteiger partial charge in [-0.3, -0.25) is 0 Å². The molecule has 7 aromatic rings. The topological polar surface area (TPSA) is 9.72 Å². The van der Waals surface area contributed by atoms with Crippen LogP contribution in [0.1, 0.15) is 18.1 Å². The summed E-state index contributed by atoms with van der Waals surface area (Å²) in [6, 6.07) is 65.3. The second-order valence-electron chi connectivity index (χ2n) is 13.9. The SMILES string of the molecule is C=C(/C=C1\C(=C/C)B2c3ccc(N(c4ccccc4)c4ccccc4)cc3N(c3ccccc3)c3cccc(c32)N1c1ccccc1)c1ccc(C)cc1. The van der Waals surface area contributed by atoms with E-state index in [4.69, 9.17) is 0 Å². The maximum atomic E-state index is 4.62. The van der Waals surface area contributed by atoms with Crippen molar-refractivity contribution in [1.82, 2.24) is 0 Å². The van der Waals surface area contributed by atoms with E-state index in [1.54, 1.807) is 0 Å². The van der Waals surface area contributed by atoms with E-state index in [1.807, 2.05) is 0 Å². The lowest BCUT2D eigenvalue weighted by Gasteiger charge is -2.45. The summed E-state index contributed by atoms with van der Waals surface area (Å²) in [6.07, 6.45) is 4.59. The lowest BCUT2D eigenvalue weighted by atomic mass is 9.32. The molecule has 7 aromatic carbocycles. The zero-order valence-corrected chi connectivity index (χ0v) is 30.6. The van der Waals surface area contributed by atoms with E-state index in [0.29, 0.717) is 0 Å². The average molecular weight is 694 g/mol. The molecule has 0 unspecified atom stereocenters. The van der Waals surface area contributed by atoms with Crippen molar-refractivity contribution in [1.29, 1.82) is 0 Å². The van der Waals surface area contributed by atoms with Crippen molar-refractivity contribution in [2.24, 2.45) is 0 Å². The molecule has 0 aromatic heterocycles. The minimum atomic E-state index is -0.0101. The Hall–Kier alpha value is -6.78. The van der Waals surface area contributed by atoms with Gasteiger partial charge >= 0.3 is 0 Å². The number of benzene rings is 7. The van der Waals surface area contributed by atoms with E-state index in [1.165, 1.54) is 33.3 Å². The minimum absolute atomic E-state index is 0.0101. The van der Waals surface area contributed by atoms with Gasteiger partial charge in [0, 0.05) is 51.2 Å². The molecule has 2 heterocycles. The molecule has 258 valence electrons. The molecule has 0 amide bonds. The van der Waals surface area contributed by atoms with Crippen molar-refractivity contribution in [3.05, 3.63) is 223 Å². The normalized spacial score (nSPS) is 14.5. The minimum Gasteiger partial charge on any atom is -0.311 e. The van der Waals surface area contributed by atoms with Crippen LogP contribution in [0.25, 0.3) is 5.57 Å². The van der Waals surface area contributed by atoms with Gasteiger partial charge in [0.1, 0.15) is 0 Å². The van der Waals surface area contributed by atoms with E-state index in [-0.39, 0.29) is 6.71 Å². The monoisotopic (exact) mass is 693 g/mol. The van der Waals surface area contributed by atoms with Crippen molar-refractivity contribution >= 4 is 68.7 Å². The zero-order valence-electron chi connectivity index (χ0n) is 30.6. The lowest BCUT2D eigenvalue weighted by Crippen LogP contribution is -2.56.